The third-order valence-electron chi connectivity index (χ3n) is 4.59. The lowest BCUT2D eigenvalue weighted by molar-refractivity contribution is -0.0498. The average molecular weight is 376 g/mol. The number of piperidine rings is 1. The van der Waals surface area contributed by atoms with Crippen molar-refractivity contribution in [3.63, 3.8) is 0 Å². The fourth-order valence-corrected chi connectivity index (χ4v) is 3.09. The first-order valence-corrected chi connectivity index (χ1v) is 8.82. The number of β-amino-alcohol motifs (C(OH)–C–C–N with tert-alkyl or cyclic N) is 1. The highest BCUT2D eigenvalue weighted by molar-refractivity contribution is 5.94. The summed E-state index contributed by atoms with van der Waals surface area (Å²) in [5, 5.41) is 16.3. The van der Waals surface area contributed by atoms with E-state index in [0.717, 1.165) is 24.1 Å². The zero-order valence-corrected chi connectivity index (χ0v) is 14.8. The number of nitrogens with one attached hydrogen (secondary N) is 2. The summed E-state index contributed by atoms with van der Waals surface area (Å²) < 4.78 is 28.7. The van der Waals surface area contributed by atoms with Crippen LogP contribution in [0.1, 0.15) is 23.2 Å². The summed E-state index contributed by atoms with van der Waals surface area (Å²) in [7, 11) is 0. The lowest BCUT2D eigenvalue weighted by Gasteiger charge is -2.32. The van der Waals surface area contributed by atoms with Crippen molar-refractivity contribution in [3.8, 4) is 16.9 Å². The van der Waals surface area contributed by atoms with Gasteiger partial charge in [-0.05, 0) is 54.8 Å². The van der Waals surface area contributed by atoms with Gasteiger partial charge in [0.1, 0.15) is 5.75 Å². The fourth-order valence-electron chi connectivity index (χ4n) is 3.09. The van der Waals surface area contributed by atoms with Crippen LogP contribution < -0.4 is 15.4 Å². The molecule has 2 aromatic carbocycles. The zero-order chi connectivity index (χ0) is 19.3. The van der Waals surface area contributed by atoms with Crippen molar-refractivity contribution in [1.82, 2.24) is 10.6 Å². The Balaban J connectivity index is 1.60. The van der Waals surface area contributed by atoms with Crippen LogP contribution in [-0.4, -0.2) is 42.9 Å². The van der Waals surface area contributed by atoms with E-state index in [-0.39, 0.29) is 18.2 Å². The molecule has 144 valence electrons. The normalized spacial score (nSPS) is 19.7. The van der Waals surface area contributed by atoms with Crippen LogP contribution in [0.15, 0.2) is 48.5 Å². The van der Waals surface area contributed by atoms with Crippen LogP contribution in [-0.2, 0) is 0 Å². The first kappa shape index (κ1) is 19.3. The summed E-state index contributed by atoms with van der Waals surface area (Å²) in [5.74, 6) is -0.152. The molecule has 0 radical (unpaired) electrons. The number of aliphatic hydroxyl groups is 1. The second-order valence-electron chi connectivity index (χ2n) is 6.67. The van der Waals surface area contributed by atoms with E-state index in [9.17, 15) is 18.7 Å². The third kappa shape index (κ3) is 5.24. The third-order valence-corrected chi connectivity index (χ3v) is 4.59. The maximum atomic E-state index is 12.3. The summed E-state index contributed by atoms with van der Waals surface area (Å²) in [4.78, 5) is 12.3. The molecule has 1 unspecified atom stereocenters. The summed E-state index contributed by atoms with van der Waals surface area (Å²) in [6.07, 6.45) is 1.53. The number of halogens is 2. The van der Waals surface area contributed by atoms with Crippen LogP contribution in [0.2, 0.25) is 0 Å². The Kier molecular flexibility index (Phi) is 6.03. The SMILES string of the molecule is O=C(NCC1(O)CCCNC1)c1ccc(-c2ccc(OC(F)F)cc2)cc1. The number of ether oxygens (including phenoxy) is 1. The van der Waals surface area contributed by atoms with Gasteiger partial charge >= 0.3 is 6.61 Å². The molecule has 1 aliphatic rings. The van der Waals surface area contributed by atoms with Crippen molar-refractivity contribution in [1.29, 1.82) is 0 Å². The Labute approximate surface area is 156 Å². The molecular formula is C20H22F2N2O3. The molecule has 3 N–H and O–H groups in total. The summed E-state index contributed by atoms with van der Waals surface area (Å²) in [6, 6.07) is 13.3. The number of alkyl halides is 2. The molecule has 0 bridgehead atoms. The maximum absolute atomic E-state index is 12.3. The molecule has 0 saturated carbocycles. The number of carbonyl (C=O) groups excluding carboxylic acids is 1. The van der Waals surface area contributed by atoms with E-state index in [1.807, 2.05) is 0 Å². The number of carbonyl (C=O) groups is 1. The van der Waals surface area contributed by atoms with Gasteiger partial charge in [-0.3, -0.25) is 4.79 Å². The van der Waals surface area contributed by atoms with E-state index in [1.54, 1.807) is 36.4 Å². The van der Waals surface area contributed by atoms with Crippen LogP contribution in [0.25, 0.3) is 11.1 Å². The molecule has 27 heavy (non-hydrogen) atoms. The van der Waals surface area contributed by atoms with E-state index in [2.05, 4.69) is 15.4 Å². The zero-order valence-electron chi connectivity index (χ0n) is 14.8. The highest BCUT2D eigenvalue weighted by atomic mass is 19.3. The topological polar surface area (TPSA) is 70.6 Å². The van der Waals surface area contributed by atoms with Crippen LogP contribution in [0.5, 0.6) is 5.75 Å². The Hall–Kier alpha value is -2.51. The lowest BCUT2D eigenvalue weighted by atomic mass is 9.94. The van der Waals surface area contributed by atoms with Crippen LogP contribution in [0.4, 0.5) is 8.78 Å². The van der Waals surface area contributed by atoms with Crippen LogP contribution in [0, 0.1) is 0 Å². The summed E-state index contributed by atoms with van der Waals surface area (Å²) in [5.41, 5.74) is 1.26. The average Bonchev–Trinajstić information content (AvgIpc) is 2.67. The minimum absolute atomic E-state index is 0.0971. The van der Waals surface area contributed by atoms with Gasteiger partial charge in [0.25, 0.3) is 5.91 Å². The van der Waals surface area contributed by atoms with E-state index >= 15 is 0 Å². The fraction of sp³-hybridized carbons (Fsp3) is 0.350. The van der Waals surface area contributed by atoms with E-state index in [1.165, 1.54) is 12.1 Å². The van der Waals surface area contributed by atoms with Gasteiger partial charge in [0, 0.05) is 18.7 Å². The second-order valence-corrected chi connectivity index (χ2v) is 6.67. The lowest BCUT2D eigenvalue weighted by Crippen LogP contribution is -2.52. The monoisotopic (exact) mass is 376 g/mol. The van der Waals surface area contributed by atoms with Crippen molar-refractivity contribution in [2.24, 2.45) is 0 Å². The highest BCUT2D eigenvalue weighted by Gasteiger charge is 2.29. The Morgan fingerprint density at radius 3 is 2.33 bits per heavy atom. The van der Waals surface area contributed by atoms with Crippen molar-refractivity contribution < 1.29 is 23.4 Å². The molecule has 1 amide bonds. The Bertz CT molecular complexity index is 758. The van der Waals surface area contributed by atoms with E-state index in [0.29, 0.717) is 18.5 Å². The molecule has 7 heteroatoms. The van der Waals surface area contributed by atoms with Crippen molar-refractivity contribution >= 4 is 5.91 Å². The molecular weight excluding hydrogens is 354 g/mol. The van der Waals surface area contributed by atoms with Crippen molar-refractivity contribution in [3.05, 3.63) is 54.1 Å². The molecule has 1 atom stereocenters. The van der Waals surface area contributed by atoms with E-state index < -0.39 is 12.2 Å². The predicted molar refractivity (Wildman–Crippen MR) is 97.9 cm³/mol. The quantitative estimate of drug-likeness (QED) is 0.725. The molecule has 0 aromatic heterocycles. The van der Waals surface area contributed by atoms with Crippen molar-refractivity contribution in [2.75, 3.05) is 19.6 Å². The predicted octanol–water partition coefficient (Wildman–Crippen LogP) is 2.80. The van der Waals surface area contributed by atoms with Gasteiger partial charge in [0.2, 0.25) is 0 Å². The standard InChI is InChI=1S/C20H22F2N2O3/c21-19(22)27-17-8-6-15(7-9-17)14-2-4-16(5-3-14)18(25)24-13-20(26)10-1-11-23-12-20/h2-9,19,23,26H,1,10-13H2,(H,24,25). The Morgan fingerprint density at radius 2 is 1.78 bits per heavy atom. The number of rotatable bonds is 6. The van der Waals surface area contributed by atoms with Gasteiger partial charge in [-0.25, -0.2) is 0 Å². The van der Waals surface area contributed by atoms with Gasteiger partial charge < -0.3 is 20.5 Å². The first-order chi connectivity index (χ1) is 13.0. The molecule has 0 aliphatic carbocycles. The molecule has 1 aliphatic heterocycles. The van der Waals surface area contributed by atoms with Gasteiger partial charge in [0.05, 0.1) is 5.60 Å². The number of hydrogen-bond donors (Lipinski definition) is 3. The molecule has 2 aromatic rings. The number of amides is 1. The number of benzene rings is 2. The van der Waals surface area contributed by atoms with Crippen LogP contribution in [0.3, 0.4) is 0 Å². The first-order valence-electron chi connectivity index (χ1n) is 8.82. The Morgan fingerprint density at radius 1 is 1.15 bits per heavy atom. The van der Waals surface area contributed by atoms with Gasteiger partial charge in [-0.15, -0.1) is 0 Å². The number of hydrogen-bond acceptors (Lipinski definition) is 4. The maximum Gasteiger partial charge on any atom is 0.387 e. The van der Waals surface area contributed by atoms with E-state index in [4.69, 9.17) is 0 Å². The second kappa shape index (κ2) is 8.45. The minimum atomic E-state index is -2.85. The molecule has 1 saturated heterocycles. The molecule has 1 fully saturated rings. The van der Waals surface area contributed by atoms with Crippen LogP contribution >= 0.6 is 0 Å². The molecule has 1 heterocycles. The molecule has 5 nitrogen and oxygen atoms in total. The summed E-state index contributed by atoms with van der Waals surface area (Å²) >= 11 is 0. The molecule has 3 rings (SSSR count). The largest absolute Gasteiger partial charge is 0.435 e. The van der Waals surface area contributed by atoms with Gasteiger partial charge in [-0.2, -0.15) is 8.78 Å². The highest BCUT2D eigenvalue weighted by Crippen LogP contribution is 2.24. The smallest absolute Gasteiger partial charge is 0.387 e. The minimum Gasteiger partial charge on any atom is -0.435 e. The van der Waals surface area contributed by atoms with Gasteiger partial charge in [0.15, 0.2) is 0 Å². The van der Waals surface area contributed by atoms with Crippen molar-refractivity contribution in [2.45, 2.75) is 25.1 Å². The van der Waals surface area contributed by atoms with Gasteiger partial charge in [-0.1, -0.05) is 24.3 Å². The molecule has 0 spiro atoms. The summed E-state index contributed by atoms with van der Waals surface area (Å²) in [6.45, 7) is -1.30.